The molecule has 4 aromatic carbocycles. The lowest BCUT2D eigenvalue weighted by Gasteiger charge is -2.30. The number of rotatable bonds is 15. The number of hydrogen-bond acceptors (Lipinski definition) is 10. The van der Waals surface area contributed by atoms with Crippen molar-refractivity contribution in [3.05, 3.63) is 126 Å². The maximum atomic E-state index is 14.9. The molecule has 1 aromatic heterocycles. The Morgan fingerprint density at radius 3 is 2.40 bits per heavy atom. The van der Waals surface area contributed by atoms with E-state index in [1.54, 1.807) is 46.1 Å². The topological polar surface area (TPSA) is 195 Å². The third kappa shape index (κ3) is 9.63. The number of ether oxygens (including phenoxy) is 4. The van der Waals surface area contributed by atoms with Gasteiger partial charge in [0.2, 0.25) is 11.8 Å². The van der Waals surface area contributed by atoms with Gasteiger partial charge in [-0.05, 0) is 73.6 Å². The molecule has 2 aliphatic carbocycles. The molecular formula is C52H55N5O10. The zero-order valence-electron chi connectivity index (χ0n) is 38.2. The van der Waals surface area contributed by atoms with Gasteiger partial charge < -0.3 is 44.9 Å². The van der Waals surface area contributed by atoms with Crippen LogP contribution in [0.4, 0.5) is 9.59 Å². The summed E-state index contributed by atoms with van der Waals surface area (Å²) < 4.78 is 23.5. The van der Waals surface area contributed by atoms with Crippen molar-refractivity contribution < 1.29 is 48.0 Å². The molecule has 3 aliphatic rings. The Hall–Kier alpha value is -7.42. The highest BCUT2D eigenvalue weighted by molar-refractivity contribution is 5.96. The van der Waals surface area contributed by atoms with Gasteiger partial charge in [0.05, 0.1) is 31.4 Å². The number of carbonyl (C=O) groups is 5. The number of likely N-dealkylation sites (tertiary alicyclic amines) is 1. The summed E-state index contributed by atoms with van der Waals surface area (Å²) in [5, 5.41) is 18.8. The molecule has 0 spiro atoms. The Balaban J connectivity index is 1.06. The van der Waals surface area contributed by atoms with Crippen LogP contribution in [0.5, 0.6) is 11.5 Å². The van der Waals surface area contributed by atoms with Crippen LogP contribution in [0.25, 0.3) is 33.3 Å². The first-order valence-corrected chi connectivity index (χ1v) is 22.4. The molecule has 2 heterocycles. The summed E-state index contributed by atoms with van der Waals surface area (Å²) >= 11 is 0. The molecular weight excluding hydrogens is 855 g/mol. The molecule has 4 amide bonds. The van der Waals surface area contributed by atoms with Crippen LogP contribution < -0.4 is 25.4 Å². The van der Waals surface area contributed by atoms with Crippen molar-refractivity contribution in [3.63, 3.8) is 0 Å². The number of amides is 4. The summed E-state index contributed by atoms with van der Waals surface area (Å²) in [6, 6.07) is 28.1. The minimum Gasteiger partial charge on any atom is -0.497 e. The predicted octanol–water partition coefficient (Wildman–Crippen LogP) is 7.40. The third-order valence-electron chi connectivity index (χ3n) is 12.6. The van der Waals surface area contributed by atoms with Gasteiger partial charge in [0, 0.05) is 41.3 Å². The summed E-state index contributed by atoms with van der Waals surface area (Å²) in [5.41, 5.74) is 4.96. The van der Waals surface area contributed by atoms with E-state index < -0.39 is 71.8 Å². The summed E-state index contributed by atoms with van der Waals surface area (Å²) in [5.74, 6) is -2.47. The number of carbonyl (C=O) groups excluding carboxylic acids is 4. The van der Waals surface area contributed by atoms with Gasteiger partial charge in [-0.15, -0.1) is 6.58 Å². The van der Waals surface area contributed by atoms with E-state index in [4.69, 9.17) is 23.9 Å². The Kier molecular flexibility index (Phi) is 13.0. The summed E-state index contributed by atoms with van der Waals surface area (Å²) in [7, 11) is 1.56. The normalized spacial score (nSPS) is 20.7. The lowest BCUT2D eigenvalue weighted by molar-refractivity contribution is -0.145. The molecule has 5 aromatic rings. The van der Waals surface area contributed by atoms with Gasteiger partial charge in [-0.3, -0.25) is 9.59 Å². The number of aryl methyl sites for hydroxylation is 1. The number of aliphatic carboxylic acids is 1. The van der Waals surface area contributed by atoms with E-state index in [0.29, 0.717) is 28.1 Å². The van der Waals surface area contributed by atoms with Crippen LogP contribution >= 0.6 is 0 Å². The fourth-order valence-corrected chi connectivity index (χ4v) is 9.19. The Labute approximate surface area is 388 Å². The summed E-state index contributed by atoms with van der Waals surface area (Å²) in [6.07, 6.45) is -0.199. The van der Waals surface area contributed by atoms with Crippen LogP contribution in [0.15, 0.2) is 110 Å². The monoisotopic (exact) mass is 909 g/mol. The molecule has 0 radical (unpaired) electrons. The van der Waals surface area contributed by atoms with Gasteiger partial charge in [-0.1, -0.05) is 85.8 Å². The first-order valence-electron chi connectivity index (χ1n) is 22.4. The number of carboxylic acids is 1. The lowest BCUT2D eigenvalue weighted by Crippen LogP contribution is -2.58. The fourth-order valence-electron chi connectivity index (χ4n) is 9.19. The second-order valence-electron chi connectivity index (χ2n) is 18.1. The van der Waals surface area contributed by atoms with Gasteiger partial charge in [0.15, 0.2) is 0 Å². The molecule has 1 aliphatic heterocycles. The fraction of sp³-hybridized carbons (Fsp3) is 0.346. The first-order chi connectivity index (χ1) is 32.1. The van der Waals surface area contributed by atoms with Gasteiger partial charge in [-0.2, -0.15) is 0 Å². The SMILES string of the molecule is C=C[C@@H]1C[C@]1(NC(=O)[C@@H]1CC(Oc2cc(-c3ccccc3)nc3cc(OC)ccc23)CN1C(=O)[C@H](CNC(=O)OCC1c2ccccc2-c2c(CC)cccc21)NC(=O)OC(C)(C)C)C(=O)O. The van der Waals surface area contributed by atoms with E-state index in [-0.39, 0.29) is 31.9 Å². The number of pyridine rings is 1. The highest BCUT2D eigenvalue weighted by Gasteiger charge is 2.61. The average Bonchev–Trinajstić information content (AvgIpc) is 3.72. The van der Waals surface area contributed by atoms with Crippen molar-refractivity contribution in [1.29, 1.82) is 0 Å². The van der Waals surface area contributed by atoms with Crippen LogP contribution in [-0.4, -0.2) is 101 Å². The van der Waals surface area contributed by atoms with Gasteiger partial charge in [0.25, 0.3) is 0 Å². The molecule has 2 fully saturated rings. The van der Waals surface area contributed by atoms with E-state index in [2.05, 4.69) is 41.6 Å². The van der Waals surface area contributed by atoms with Gasteiger partial charge in [-0.25, -0.2) is 19.4 Å². The average molecular weight is 910 g/mol. The maximum Gasteiger partial charge on any atom is 0.408 e. The van der Waals surface area contributed by atoms with Crippen LogP contribution in [0, 0.1) is 5.92 Å². The molecule has 6 atom stereocenters. The Morgan fingerprint density at radius 1 is 0.955 bits per heavy atom. The number of hydrogen-bond donors (Lipinski definition) is 4. The maximum absolute atomic E-state index is 14.9. The number of alkyl carbamates (subject to hydrolysis) is 2. The number of fused-ring (bicyclic) bond motifs is 4. The van der Waals surface area contributed by atoms with Gasteiger partial charge >= 0.3 is 18.2 Å². The van der Waals surface area contributed by atoms with Crippen LogP contribution in [0.3, 0.4) is 0 Å². The van der Waals surface area contributed by atoms with E-state index >= 15 is 0 Å². The quantitative estimate of drug-likeness (QED) is 0.0765. The molecule has 0 bridgehead atoms. The minimum absolute atomic E-state index is 0.00793. The number of nitrogens with one attached hydrogen (secondary N) is 3. The van der Waals surface area contributed by atoms with Gasteiger partial charge in [0.1, 0.15) is 47.4 Å². The molecule has 67 heavy (non-hydrogen) atoms. The summed E-state index contributed by atoms with van der Waals surface area (Å²) in [6.45, 7) is 10.2. The molecule has 4 N–H and O–H groups in total. The molecule has 1 saturated heterocycles. The van der Waals surface area contributed by atoms with Crippen molar-refractivity contribution in [2.45, 2.75) is 82.2 Å². The van der Waals surface area contributed by atoms with Crippen molar-refractivity contribution in [3.8, 4) is 33.9 Å². The number of methoxy groups -OCH3 is 1. The van der Waals surface area contributed by atoms with Crippen molar-refractivity contribution in [2.75, 3.05) is 26.8 Å². The van der Waals surface area contributed by atoms with Crippen LogP contribution in [0.1, 0.15) is 63.1 Å². The third-order valence-corrected chi connectivity index (χ3v) is 12.6. The largest absolute Gasteiger partial charge is 0.497 e. The highest BCUT2D eigenvalue weighted by atomic mass is 16.6. The van der Waals surface area contributed by atoms with E-state index in [1.807, 2.05) is 66.7 Å². The van der Waals surface area contributed by atoms with Crippen molar-refractivity contribution in [1.82, 2.24) is 25.8 Å². The lowest BCUT2D eigenvalue weighted by atomic mass is 9.96. The highest BCUT2D eigenvalue weighted by Crippen LogP contribution is 2.47. The van der Waals surface area contributed by atoms with Crippen molar-refractivity contribution >= 4 is 40.9 Å². The van der Waals surface area contributed by atoms with E-state index in [0.717, 1.165) is 34.2 Å². The zero-order valence-corrected chi connectivity index (χ0v) is 38.2. The second kappa shape index (κ2) is 18.8. The van der Waals surface area contributed by atoms with Crippen molar-refractivity contribution in [2.24, 2.45) is 5.92 Å². The van der Waals surface area contributed by atoms with E-state index in [1.165, 1.54) is 16.5 Å². The Morgan fingerprint density at radius 2 is 1.70 bits per heavy atom. The smallest absolute Gasteiger partial charge is 0.408 e. The number of carboxylic acid groups (broad SMARTS) is 1. The molecule has 15 heteroatoms. The number of aromatic nitrogens is 1. The Bertz CT molecular complexity index is 2740. The molecule has 1 saturated carbocycles. The standard InChI is InChI=1S/C52H55N5O10/c1-7-30-17-14-20-37-39(35-18-12-13-19-36(35)45(30)37)29-65-49(62)53-27-42(55-50(63)67-51(3,4)5)47(59)57-28-34(24-43(57)46(58)56-52(48(60)61)26-32(52)8-2)66-44-25-40(31-15-10-9-11-16-31)54-41-23-33(64-6)21-22-38(41)44/h8-23,25,32,34,39,42-43H,2,7,24,26-29H2,1,3-6H3,(H,53,62)(H,55,63)(H,56,58)(H,60,61)/t32-,34?,39?,42+,43+,52-/m1/s1. The number of benzene rings is 4. The molecule has 2 unspecified atom stereocenters. The van der Waals surface area contributed by atoms with Crippen LogP contribution in [0.2, 0.25) is 0 Å². The molecule has 8 rings (SSSR count). The predicted molar refractivity (Wildman–Crippen MR) is 251 cm³/mol. The minimum atomic E-state index is -1.60. The molecule has 348 valence electrons. The zero-order chi connectivity index (χ0) is 47.6. The number of nitrogens with zero attached hydrogens (tertiary/aromatic N) is 2. The first kappa shape index (κ1) is 46.1. The van der Waals surface area contributed by atoms with E-state index in [9.17, 15) is 29.1 Å². The summed E-state index contributed by atoms with van der Waals surface area (Å²) in [4.78, 5) is 74.8. The second-order valence-corrected chi connectivity index (χ2v) is 18.1. The van der Waals surface area contributed by atoms with Crippen LogP contribution in [-0.2, 0) is 30.3 Å². The molecule has 15 nitrogen and oxygen atoms in total.